The number of nitrogens with one attached hydrogen (secondary N) is 1. The summed E-state index contributed by atoms with van der Waals surface area (Å²) in [6, 6.07) is 11.1. The van der Waals surface area contributed by atoms with Crippen LogP contribution in [0.5, 0.6) is 0 Å². The molecule has 6 heteroatoms. The first-order chi connectivity index (χ1) is 13.1. The van der Waals surface area contributed by atoms with Crippen LogP contribution in [0.2, 0.25) is 0 Å². The SMILES string of the molecule is Cc1cc(C)c(C)c(C)c1.Cc1ccc(S(=O)(=O)N[C@H]2CCCC[C@@H]2N)cc1.[Ru]. The molecule has 0 unspecified atom stereocenters. The fourth-order valence-corrected chi connectivity index (χ4v) is 4.86. The molecule has 0 saturated heterocycles. The second kappa shape index (κ2) is 11.4. The number of aryl methyl sites for hydroxylation is 4. The maximum Gasteiger partial charge on any atom is 0.240 e. The Bertz CT molecular complexity index is 873. The van der Waals surface area contributed by atoms with Gasteiger partial charge in [0, 0.05) is 31.6 Å². The first-order valence-corrected chi connectivity index (χ1v) is 11.5. The molecule has 1 fully saturated rings. The molecule has 1 aliphatic rings. The summed E-state index contributed by atoms with van der Waals surface area (Å²) in [6.07, 6.45) is 3.84. The third kappa shape index (κ3) is 7.60. The van der Waals surface area contributed by atoms with E-state index in [2.05, 4.69) is 44.5 Å². The van der Waals surface area contributed by atoms with Gasteiger partial charge in [-0.1, -0.05) is 48.2 Å². The number of hydrogen-bond acceptors (Lipinski definition) is 3. The van der Waals surface area contributed by atoms with Gasteiger partial charge in [0.05, 0.1) is 4.90 Å². The molecule has 1 aliphatic carbocycles. The van der Waals surface area contributed by atoms with Crippen molar-refractivity contribution in [2.45, 2.75) is 77.3 Å². The average molecular weight is 504 g/mol. The maximum absolute atomic E-state index is 12.2. The molecule has 0 aromatic heterocycles. The van der Waals surface area contributed by atoms with Gasteiger partial charge < -0.3 is 5.73 Å². The monoisotopic (exact) mass is 504 g/mol. The van der Waals surface area contributed by atoms with Crippen LogP contribution in [0.1, 0.15) is 53.5 Å². The molecule has 1 saturated carbocycles. The van der Waals surface area contributed by atoms with Crippen LogP contribution in [0.25, 0.3) is 0 Å². The summed E-state index contributed by atoms with van der Waals surface area (Å²) in [7, 11) is -3.44. The van der Waals surface area contributed by atoms with Crippen LogP contribution in [0.15, 0.2) is 41.3 Å². The molecule has 2 atom stereocenters. The van der Waals surface area contributed by atoms with Crippen molar-refractivity contribution in [1.82, 2.24) is 4.72 Å². The molecule has 0 amide bonds. The Hall–Kier alpha value is -1.07. The second-order valence-corrected chi connectivity index (χ2v) is 9.73. The van der Waals surface area contributed by atoms with Gasteiger partial charge in [-0.25, -0.2) is 13.1 Å². The molecule has 29 heavy (non-hydrogen) atoms. The minimum atomic E-state index is -3.44. The normalized spacial score (nSPS) is 19.0. The zero-order chi connectivity index (χ0) is 20.9. The zero-order valence-electron chi connectivity index (χ0n) is 18.1. The number of benzene rings is 2. The summed E-state index contributed by atoms with van der Waals surface area (Å²) in [4.78, 5) is 0.311. The summed E-state index contributed by atoms with van der Waals surface area (Å²) in [5.41, 5.74) is 12.6. The Morgan fingerprint density at radius 2 is 1.38 bits per heavy atom. The summed E-state index contributed by atoms with van der Waals surface area (Å²) in [6.45, 7) is 10.6. The summed E-state index contributed by atoms with van der Waals surface area (Å²) in [5, 5.41) is 0. The van der Waals surface area contributed by atoms with E-state index in [9.17, 15) is 8.42 Å². The molecule has 0 heterocycles. The molecule has 2 aromatic carbocycles. The minimum Gasteiger partial charge on any atom is -0.326 e. The number of nitrogens with two attached hydrogens (primary N) is 1. The average Bonchev–Trinajstić information content (AvgIpc) is 2.62. The van der Waals surface area contributed by atoms with Gasteiger partial charge in [0.25, 0.3) is 0 Å². The first kappa shape index (κ1) is 26.0. The van der Waals surface area contributed by atoms with Crippen LogP contribution in [0.3, 0.4) is 0 Å². The van der Waals surface area contributed by atoms with Gasteiger partial charge in [0.1, 0.15) is 0 Å². The van der Waals surface area contributed by atoms with Gasteiger partial charge in [-0.2, -0.15) is 0 Å². The predicted octanol–water partition coefficient (Wildman–Crippen LogP) is 4.46. The standard InChI is InChI=1S/C13H20N2O2S.C10H14.Ru/c1-10-6-8-11(9-7-10)18(16,17)15-13-5-3-2-4-12(13)14;1-7-5-8(2)10(4)9(3)6-7;/h6-9,12-13,15H,2-5,14H2,1H3;5-6H,1-4H3;/t12-,13-;;/m0../s1. The van der Waals surface area contributed by atoms with E-state index in [0.717, 1.165) is 31.2 Å². The summed E-state index contributed by atoms with van der Waals surface area (Å²) < 4.78 is 27.1. The van der Waals surface area contributed by atoms with E-state index in [4.69, 9.17) is 5.73 Å². The number of rotatable bonds is 3. The quantitative estimate of drug-likeness (QED) is 0.608. The van der Waals surface area contributed by atoms with E-state index in [-0.39, 0.29) is 31.6 Å². The van der Waals surface area contributed by atoms with Crippen LogP contribution in [0, 0.1) is 34.6 Å². The topological polar surface area (TPSA) is 72.2 Å². The molecule has 3 N–H and O–H groups in total. The fourth-order valence-electron chi connectivity index (χ4n) is 3.54. The summed E-state index contributed by atoms with van der Waals surface area (Å²) in [5.74, 6) is 0. The van der Waals surface area contributed by atoms with Crippen LogP contribution < -0.4 is 10.5 Å². The van der Waals surface area contributed by atoms with Crippen LogP contribution in [-0.4, -0.2) is 20.5 Å². The van der Waals surface area contributed by atoms with Gasteiger partial charge in [0.2, 0.25) is 10.0 Å². The molecule has 4 nitrogen and oxygen atoms in total. The predicted molar refractivity (Wildman–Crippen MR) is 117 cm³/mol. The molecule has 0 bridgehead atoms. The Morgan fingerprint density at radius 3 is 1.90 bits per heavy atom. The van der Waals surface area contributed by atoms with Crippen molar-refractivity contribution in [2.24, 2.45) is 5.73 Å². The van der Waals surface area contributed by atoms with Crippen molar-refractivity contribution in [3.8, 4) is 0 Å². The number of sulfonamides is 1. The van der Waals surface area contributed by atoms with E-state index in [1.54, 1.807) is 24.3 Å². The van der Waals surface area contributed by atoms with E-state index in [1.807, 2.05) is 6.92 Å². The van der Waals surface area contributed by atoms with E-state index in [1.165, 1.54) is 22.3 Å². The van der Waals surface area contributed by atoms with Crippen molar-refractivity contribution in [3.63, 3.8) is 0 Å². The van der Waals surface area contributed by atoms with Crippen molar-refractivity contribution in [2.75, 3.05) is 0 Å². The molecule has 0 spiro atoms. The third-order valence-electron chi connectivity index (χ3n) is 5.53. The minimum absolute atomic E-state index is 0. The zero-order valence-corrected chi connectivity index (χ0v) is 20.7. The van der Waals surface area contributed by atoms with Crippen molar-refractivity contribution < 1.29 is 27.9 Å². The van der Waals surface area contributed by atoms with E-state index in [0.29, 0.717) is 4.90 Å². The molecule has 0 aliphatic heterocycles. The smallest absolute Gasteiger partial charge is 0.240 e. The first-order valence-electron chi connectivity index (χ1n) is 9.99. The Labute approximate surface area is 189 Å². The van der Waals surface area contributed by atoms with E-state index >= 15 is 0 Å². The van der Waals surface area contributed by atoms with Crippen molar-refractivity contribution in [3.05, 3.63) is 64.2 Å². The Balaban J connectivity index is 0.000000327. The second-order valence-electron chi connectivity index (χ2n) is 8.01. The van der Waals surface area contributed by atoms with Crippen LogP contribution in [-0.2, 0) is 29.5 Å². The van der Waals surface area contributed by atoms with Gasteiger partial charge >= 0.3 is 0 Å². The maximum atomic E-state index is 12.2. The number of hydrogen-bond donors (Lipinski definition) is 2. The molecule has 3 rings (SSSR count). The van der Waals surface area contributed by atoms with Crippen LogP contribution in [0.4, 0.5) is 0 Å². The van der Waals surface area contributed by atoms with Crippen molar-refractivity contribution in [1.29, 1.82) is 0 Å². The van der Waals surface area contributed by atoms with Crippen LogP contribution >= 0.6 is 0 Å². The Morgan fingerprint density at radius 1 is 0.862 bits per heavy atom. The Kier molecular flexibility index (Phi) is 10.2. The van der Waals surface area contributed by atoms with Gasteiger partial charge in [0.15, 0.2) is 0 Å². The summed E-state index contributed by atoms with van der Waals surface area (Å²) >= 11 is 0. The molecular formula is C23H34N2O2RuS. The van der Waals surface area contributed by atoms with Gasteiger partial charge in [-0.15, -0.1) is 0 Å². The molecular weight excluding hydrogens is 469 g/mol. The fraction of sp³-hybridized carbons (Fsp3) is 0.478. The van der Waals surface area contributed by atoms with E-state index < -0.39 is 10.0 Å². The van der Waals surface area contributed by atoms with Crippen molar-refractivity contribution >= 4 is 10.0 Å². The molecule has 162 valence electrons. The molecule has 0 radical (unpaired) electrons. The van der Waals surface area contributed by atoms with Gasteiger partial charge in [-0.3, -0.25) is 0 Å². The third-order valence-corrected chi connectivity index (χ3v) is 7.03. The largest absolute Gasteiger partial charge is 0.326 e. The molecule has 2 aromatic rings. The van der Waals surface area contributed by atoms with Gasteiger partial charge in [-0.05, 0) is 76.3 Å².